The fourth-order valence-corrected chi connectivity index (χ4v) is 1.23. The number of hydrogen-bond donors (Lipinski definition) is 0. The zero-order chi connectivity index (χ0) is 15.1. The van der Waals surface area contributed by atoms with Gasteiger partial charge in [-0.2, -0.15) is 13.2 Å². The van der Waals surface area contributed by atoms with Gasteiger partial charge >= 0.3 is 18.1 Å². The number of halogens is 3. The lowest BCUT2D eigenvalue weighted by Gasteiger charge is -2.20. The summed E-state index contributed by atoms with van der Waals surface area (Å²) < 4.78 is 46.8. The van der Waals surface area contributed by atoms with Gasteiger partial charge in [0.2, 0.25) is 6.10 Å². The third-order valence-corrected chi connectivity index (χ3v) is 2.09. The minimum absolute atomic E-state index is 0.0949. The van der Waals surface area contributed by atoms with Crippen molar-refractivity contribution < 1.29 is 32.2 Å². The Bertz CT molecular complexity index is 300. The van der Waals surface area contributed by atoms with Gasteiger partial charge in [-0.05, 0) is 20.3 Å². The highest BCUT2D eigenvalue weighted by Gasteiger charge is 2.44. The van der Waals surface area contributed by atoms with Gasteiger partial charge < -0.3 is 9.47 Å². The summed E-state index contributed by atoms with van der Waals surface area (Å²) in [5.74, 6) is -2.00. The molecule has 0 aromatic rings. The fourth-order valence-electron chi connectivity index (χ4n) is 1.23. The second-order valence-electron chi connectivity index (χ2n) is 4.37. The van der Waals surface area contributed by atoms with Crippen molar-refractivity contribution in [3.05, 3.63) is 0 Å². The number of hydrogen-bond acceptors (Lipinski definition) is 4. The molecule has 7 heteroatoms. The molecule has 0 radical (unpaired) electrons. The van der Waals surface area contributed by atoms with Crippen LogP contribution in [-0.4, -0.2) is 30.3 Å². The molecule has 0 aromatic heterocycles. The van der Waals surface area contributed by atoms with E-state index in [1.54, 1.807) is 6.92 Å². The SMILES string of the molecule is CCCCC(=O)OC(CC(=O)OC(C)C)C(F)(F)F. The van der Waals surface area contributed by atoms with E-state index >= 15 is 0 Å². The summed E-state index contributed by atoms with van der Waals surface area (Å²) in [6.07, 6.45) is -7.74. The van der Waals surface area contributed by atoms with Gasteiger partial charge in [0.15, 0.2) is 0 Å². The lowest BCUT2D eigenvalue weighted by atomic mass is 10.2. The van der Waals surface area contributed by atoms with E-state index < -0.39 is 36.7 Å². The summed E-state index contributed by atoms with van der Waals surface area (Å²) in [5, 5.41) is 0. The van der Waals surface area contributed by atoms with Crippen LogP contribution in [0.15, 0.2) is 0 Å². The molecular weight excluding hydrogens is 265 g/mol. The van der Waals surface area contributed by atoms with Gasteiger partial charge in [0.25, 0.3) is 0 Å². The molecule has 0 saturated heterocycles. The number of unbranched alkanes of at least 4 members (excludes halogenated alkanes) is 1. The molecular formula is C12H19F3O4. The van der Waals surface area contributed by atoms with Gasteiger partial charge in [-0.3, -0.25) is 9.59 Å². The zero-order valence-corrected chi connectivity index (χ0v) is 11.3. The van der Waals surface area contributed by atoms with Crippen molar-refractivity contribution in [3.8, 4) is 0 Å². The molecule has 0 aromatic carbocycles. The third kappa shape index (κ3) is 8.45. The van der Waals surface area contributed by atoms with Crippen molar-refractivity contribution in [2.75, 3.05) is 0 Å². The Morgan fingerprint density at radius 3 is 2.11 bits per heavy atom. The molecule has 0 fully saturated rings. The molecule has 0 aliphatic rings. The summed E-state index contributed by atoms with van der Waals surface area (Å²) in [4.78, 5) is 22.4. The highest BCUT2D eigenvalue weighted by molar-refractivity contribution is 5.72. The Hall–Kier alpha value is -1.27. The van der Waals surface area contributed by atoms with Crippen LogP contribution in [0.3, 0.4) is 0 Å². The Morgan fingerprint density at radius 2 is 1.68 bits per heavy atom. The zero-order valence-electron chi connectivity index (χ0n) is 11.3. The highest BCUT2D eigenvalue weighted by atomic mass is 19.4. The monoisotopic (exact) mass is 284 g/mol. The molecule has 1 atom stereocenters. The van der Waals surface area contributed by atoms with Gasteiger partial charge in [0.05, 0.1) is 12.5 Å². The standard InChI is InChI=1S/C12H19F3O4/c1-4-5-6-10(16)19-9(12(13,14)15)7-11(17)18-8(2)3/h8-9H,4-7H2,1-3H3. The minimum Gasteiger partial charge on any atom is -0.463 e. The Balaban J connectivity index is 4.48. The lowest BCUT2D eigenvalue weighted by Crippen LogP contribution is -2.36. The molecule has 0 N–H and O–H groups in total. The average molecular weight is 284 g/mol. The van der Waals surface area contributed by atoms with Crippen LogP contribution in [0.25, 0.3) is 0 Å². The van der Waals surface area contributed by atoms with Crippen LogP contribution in [0.1, 0.15) is 46.5 Å². The van der Waals surface area contributed by atoms with Gasteiger partial charge in [-0.1, -0.05) is 13.3 Å². The number of alkyl halides is 3. The average Bonchev–Trinajstić information content (AvgIpc) is 2.23. The van der Waals surface area contributed by atoms with Crippen molar-refractivity contribution in [2.24, 2.45) is 0 Å². The maximum atomic E-state index is 12.6. The first-order valence-electron chi connectivity index (χ1n) is 6.12. The van der Waals surface area contributed by atoms with Gasteiger partial charge in [-0.15, -0.1) is 0 Å². The summed E-state index contributed by atoms with van der Waals surface area (Å²) >= 11 is 0. The molecule has 0 saturated carbocycles. The van der Waals surface area contributed by atoms with E-state index in [0.29, 0.717) is 12.8 Å². The number of esters is 2. The first-order valence-corrected chi connectivity index (χ1v) is 6.12. The first kappa shape index (κ1) is 17.7. The van der Waals surface area contributed by atoms with Crippen molar-refractivity contribution >= 4 is 11.9 Å². The first-order chi connectivity index (χ1) is 8.66. The summed E-state index contributed by atoms with van der Waals surface area (Å²) in [5.41, 5.74) is 0. The molecule has 0 aliphatic carbocycles. The van der Waals surface area contributed by atoms with Crippen LogP contribution < -0.4 is 0 Å². The van der Waals surface area contributed by atoms with Gasteiger partial charge in [0, 0.05) is 6.42 Å². The molecule has 0 heterocycles. The van der Waals surface area contributed by atoms with Gasteiger partial charge in [-0.25, -0.2) is 0 Å². The predicted octanol–water partition coefficient (Wildman–Crippen LogP) is 2.99. The van der Waals surface area contributed by atoms with E-state index in [1.807, 2.05) is 0 Å². The topological polar surface area (TPSA) is 52.6 Å². The second-order valence-corrected chi connectivity index (χ2v) is 4.37. The third-order valence-electron chi connectivity index (χ3n) is 2.09. The smallest absolute Gasteiger partial charge is 0.426 e. The van der Waals surface area contributed by atoms with Crippen molar-refractivity contribution in [2.45, 2.75) is 64.8 Å². The van der Waals surface area contributed by atoms with E-state index in [-0.39, 0.29) is 6.42 Å². The quantitative estimate of drug-likeness (QED) is 0.674. The molecule has 0 amide bonds. The van der Waals surface area contributed by atoms with Crippen LogP contribution in [0.2, 0.25) is 0 Å². The van der Waals surface area contributed by atoms with E-state index in [4.69, 9.17) is 0 Å². The largest absolute Gasteiger partial charge is 0.463 e. The Kier molecular flexibility index (Phi) is 7.48. The molecule has 0 bridgehead atoms. The van der Waals surface area contributed by atoms with E-state index in [1.165, 1.54) is 13.8 Å². The van der Waals surface area contributed by atoms with E-state index in [9.17, 15) is 22.8 Å². The van der Waals surface area contributed by atoms with Crippen LogP contribution in [0.5, 0.6) is 0 Å². The van der Waals surface area contributed by atoms with Crippen molar-refractivity contribution in [3.63, 3.8) is 0 Å². The minimum atomic E-state index is -4.78. The highest BCUT2D eigenvalue weighted by Crippen LogP contribution is 2.26. The predicted molar refractivity (Wildman–Crippen MR) is 61.3 cm³/mol. The van der Waals surface area contributed by atoms with E-state index in [0.717, 1.165) is 0 Å². The molecule has 0 aliphatic heterocycles. The lowest BCUT2D eigenvalue weighted by molar-refractivity contribution is -0.225. The van der Waals surface area contributed by atoms with Gasteiger partial charge in [0.1, 0.15) is 0 Å². The van der Waals surface area contributed by atoms with Crippen molar-refractivity contribution in [1.82, 2.24) is 0 Å². The van der Waals surface area contributed by atoms with Crippen LogP contribution in [0.4, 0.5) is 13.2 Å². The molecule has 1 unspecified atom stereocenters. The van der Waals surface area contributed by atoms with Crippen molar-refractivity contribution in [1.29, 1.82) is 0 Å². The summed E-state index contributed by atoms with van der Waals surface area (Å²) in [6.45, 7) is 4.84. The number of carbonyl (C=O) groups excluding carboxylic acids is 2. The normalized spacial score (nSPS) is 13.2. The number of ether oxygens (including phenoxy) is 2. The van der Waals surface area contributed by atoms with Crippen LogP contribution in [-0.2, 0) is 19.1 Å². The summed E-state index contributed by atoms with van der Waals surface area (Å²) in [7, 11) is 0. The van der Waals surface area contributed by atoms with Crippen LogP contribution in [0, 0.1) is 0 Å². The maximum Gasteiger partial charge on any atom is 0.426 e. The molecule has 19 heavy (non-hydrogen) atoms. The fraction of sp³-hybridized carbons (Fsp3) is 0.833. The molecule has 0 spiro atoms. The number of carbonyl (C=O) groups is 2. The Labute approximate surface area is 110 Å². The second kappa shape index (κ2) is 8.01. The van der Waals surface area contributed by atoms with Crippen LogP contribution >= 0.6 is 0 Å². The summed E-state index contributed by atoms with van der Waals surface area (Å²) in [6, 6.07) is 0. The molecule has 112 valence electrons. The maximum absolute atomic E-state index is 12.6. The molecule has 0 rings (SSSR count). The number of rotatable bonds is 7. The molecule has 4 nitrogen and oxygen atoms in total. The Morgan fingerprint density at radius 1 is 1.11 bits per heavy atom. The van der Waals surface area contributed by atoms with E-state index in [2.05, 4.69) is 9.47 Å².